The lowest BCUT2D eigenvalue weighted by atomic mass is 9.95. The van der Waals surface area contributed by atoms with Crippen LogP contribution in [0.3, 0.4) is 0 Å². The van der Waals surface area contributed by atoms with Gasteiger partial charge in [-0.25, -0.2) is 14.8 Å². The summed E-state index contributed by atoms with van der Waals surface area (Å²) in [6.45, 7) is 8.44. The number of hydrogen-bond donors (Lipinski definition) is 0. The third-order valence-electron chi connectivity index (χ3n) is 6.10. The number of rotatable bonds is 4. The fourth-order valence-electron chi connectivity index (χ4n) is 4.61. The Bertz CT molecular complexity index is 1370. The molecule has 0 saturated heterocycles. The largest absolute Gasteiger partial charge is 0.423 e. The highest BCUT2D eigenvalue weighted by Gasteiger charge is 2.21. The van der Waals surface area contributed by atoms with Gasteiger partial charge in [-0.2, -0.15) is 0 Å². The highest BCUT2D eigenvalue weighted by atomic mass is 32.2. The maximum absolute atomic E-state index is 12.3. The lowest BCUT2D eigenvalue weighted by Crippen LogP contribution is -2.02. The first kappa shape index (κ1) is 20.7. The quantitative estimate of drug-likeness (QED) is 0.196. The average molecular weight is 451 g/mol. The summed E-state index contributed by atoms with van der Waals surface area (Å²) < 4.78 is 5.53. The second kappa shape index (κ2) is 8.06. The Morgan fingerprint density at radius 1 is 1.13 bits per heavy atom. The number of hydrogen-bond acceptors (Lipinski definition) is 6. The summed E-state index contributed by atoms with van der Waals surface area (Å²) in [6.07, 6.45) is 4.77. The lowest BCUT2D eigenvalue weighted by molar-refractivity contribution is 0.559. The molecule has 5 rings (SSSR count). The Balaban J connectivity index is 1.59. The van der Waals surface area contributed by atoms with E-state index in [0.717, 1.165) is 45.0 Å². The Labute approximate surface area is 190 Å². The van der Waals surface area contributed by atoms with Gasteiger partial charge in [0, 0.05) is 27.5 Å². The molecule has 1 aliphatic rings. The average Bonchev–Trinajstić information content (AvgIpc) is 3.09. The van der Waals surface area contributed by atoms with E-state index in [0.29, 0.717) is 17.3 Å². The SMILES string of the molecule is Cc1nc(SCc2cc(=O)oc3cc(C)c(C(C)C)cc23)c2c3c(sc2n1)CCCC3. The van der Waals surface area contributed by atoms with Gasteiger partial charge in [0.25, 0.3) is 0 Å². The predicted octanol–water partition coefficient (Wildman–Crippen LogP) is 6.71. The van der Waals surface area contributed by atoms with E-state index in [1.54, 1.807) is 17.8 Å². The van der Waals surface area contributed by atoms with Gasteiger partial charge < -0.3 is 4.42 Å². The van der Waals surface area contributed by atoms with E-state index in [1.165, 1.54) is 34.2 Å². The van der Waals surface area contributed by atoms with Gasteiger partial charge >= 0.3 is 5.63 Å². The summed E-state index contributed by atoms with van der Waals surface area (Å²) in [6, 6.07) is 5.84. The molecule has 0 unspecified atom stereocenters. The number of thioether (sulfide) groups is 1. The molecule has 1 aliphatic carbocycles. The second-order valence-corrected chi connectivity index (χ2v) is 10.8. The molecule has 31 heavy (non-hydrogen) atoms. The number of nitrogens with zero attached hydrogens (tertiary/aromatic N) is 2. The summed E-state index contributed by atoms with van der Waals surface area (Å²) in [5, 5.41) is 3.30. The van der Waals surface area contributed by atoms with Crippen molar-refractivity contribution in [3.8, 4) is 0 Å². The molecule has 0 fully saturated rings. The Morgan fingerprint density at radius 3 is 2.74 bits per heavy atom. The standard InChI is InChI=1S/C25H26N2O2S2/c1-13(2)18-11-19-16(10-22(28)29-20(19)9-14(18)3)12-30-24-23-17-7-5-6-8-21(17)31-25(23)27-15(4)26-24/h9-11,13H,5-8,12H2,1-4H3. The van der Waals surface area contributed by atoms with Crippen molar-refractivity contribution in [1.82, 2.24) is 9.97 Å². The minimum Gasteiger partial charge on any atom is -0.423 e. The summed E-state index contributed by atoms with van der Waals surface area (Å²) in [7, 11) is 0. The molecule has 4 nitrogen and oxygen atoms in total. The molecule has 0 amide bonds. The van der Waals surface area contributed by atoms with E-state index in [9.17, 15) is 4.79 Å². The smallest absolute Gasteiger partial charge is 0.336 e. The van der Waals surface area contributed by atoms with Gasteiger partial charge in [-0.15, -0.1) is 23.1 Å². The zero-order chi connectivity index (χ0) is 21.7. The maximum atomic E-state index is 12.3. The third kappa shape index (κ3) is 3.80. The Kier molecular flexibility index (Phi) is 5.39. The molecule has 3 heterocycles. The molecule has 3 aromatic heterocycles. The van der Waals surface area contributed by atoms with Gasteiger partial charge in [-0.3, -0.25) is 0 Å². The van der Waals surface area contributed by atoms with Crippen LogP contribution in [0.25, 0.3) is 21.2 Å². The molecule has 6 heteroatoms. The molecule has 0 aliphatic heterocycles. The first-order chi connectivity index (χ1) is 14.9. The molecule has 0 spiro atoms. The molecule has 0 bridgehead atoms. The number of fused-ring (bicyclic) bond motifs is 4. The van der Waals surface area contributed by atoms with E-state index in [-0.39, 0.29) is 5.63 Å². The number of thiophene rings is 1. The van der Waals surface area contributed by atoms with Crippen LogP contribution >= 0.6 is 23.1 Å². The van der Waals surface area contributed by atoms with Crippen molar-refractivity contribution in [2.45, 2.75) is 70.1 Å². The van der Waals surface area contributed by atoms with Crippen LogP contribution in [-0.2, 0) is 18.6 Å². The van der Waals surface area contributed by atoms with E-state index < -0.39 is 0 Å². The Hall–Kier alpha value is -2.18. The van der Waals surface area contributed by atoms with E-state index >= 15 is 0 Å². The first-order valence-corrected chi connectivity index (χ1v) is 12.7. The number of benzene rings is 1. The highest BCUT2D eigenvalue weighted by molar-refractivity contribution is 7.98. The van der Waals surface area contributed by atoms with Crippen molar-refractivity contribution in [2.24, 2.45) is 0 Å². The number of aromatic nitrogens is 2. The van der Waals surface area contributed by atoms with Crippen molar-refractivity contribution in [2.75, 3.05) is 0 Å². The topological polar surface area (TPSA) is 56.0 Å². The minimum absolute atomic E-state index is 0.295. The molecule has 4 aromatic rings. The van der Waals surface area contributed by atoms with Crippen LogP contribution in [0.2, 0.25) is 0 Å². The molecule has 0 atom stereocenters. The molecule has 0 radical (unpaired) electrons. The van der Waals surface area contributed by atoms with Crippen LogP contribution < -0.4 is 5.63 Å². The fraction of sp³-hybridized carbons (Fsp3) is 0.400. The van der Waals surface area contributed by atoms with Crippen LogP contribution in [0.1, 0.15) is 65.6 Å². The maximum Gasteiger partial charge on any atom is 0.336 e. The van der Waals surface area contributed by atoms with E-state index in [4.69, 9.17) is 14.4 Å². The summed E-state index contributed by atoms with van der Waals surface area (Å²) in [4.78, 5) is 24.4. The van der Waals surface area contributed by atoms with Crippen molar-refractivity contribution in [1.29, 1.82) is 0 Å². The fourth-order valence-corrected chi connectivity index (χ4v) is 7.07. The molecule has 0 saturated carbocycles. The molecule has 1 aromatic carbocycles. The van der Waals surface area contributed by atoms with Crippen LogP contribution in [0.4, 0.5) is 0 Å². The van der Waals surface area contributed by atoms with Crippen LogP contribution in [0.15, 0.2) is 32.4 Å². The normalized spacial score (nSPS) is 14.0. The van der Waals surface area contributed by atoms with Gasteiger partial charge in [-0.05, 0) is 79.8 Å². The number of aryl methyl sites for hydroxylation is 4. The third-order valence-corrected chi connectivity index (χ3v) is 8.31. The lowest BCUT2D eigenvalue weighted by Gasteiger charge is -2.14. The van der Waals surface area contributed by atoms with Crippen LogP contribution in [-0.4, -0.2) is 9.97 Å². The minimum atomic E-state index is -0.295. The summed E-state index contributed by atoms with van der Waals surface area (Å²) >= 11 is 3.54. The van der Waals surface area contributed by atoms with Crippen molar-refractivity contribution < 1.29 is 4.42 Å². The Morgan fingerprint density at radius 2 is 1.94 bits per heavy atom. The monoisotopic (exact) mass is 450 g/mol. The first-order valence-electron chi connectivity index (χ1n) is 10.9. The van der Waals surface area contributed by atoms with Gasteiger partial charge in [0.2, 0.25) is 0 Å². The predicted molar refractivity (Wildman–Crippen MR) is 130 cm³/mol. The van der Waals surface area contributed by atoms with E-state index in [2.05, 4.69) is 26.8 Å². The molecular weight excluding hydrogens is 424 g/mol. The van der Waals surface area contributed by atoms with Gasteiger partial charge in [-0.1, -0.05) is 13.8 Å². The van der Waals surface area contributed by atoms with Crippen molar-refractivity contribution in [3.05, 3.63) is 61.6 Å². The molecule has 160 valence electrons. The molecule has 0 N–H and O–H groups in total. The van der Waals surface area contributed by atoms with Crippen LogP contribution in [0.5, 0.6) is 0 Å². The summed E-state index contributed by atoms with van der Waals surface area (Å²) in [5.74, 6) is 1.90. The van der Waals surface area contributed by atoms with Crippen LogP contribution in [0, 0.1) is 13.8 Å². The van der Waals surface area contributed by atoms with Crippen molar-refractivity contribution in [3.63, 3.8) is 0 Å². The summed E-state index contributed by atoms with van der Waals surface area (Å²) in [5.41, 5.74) is 5.28. The van der Waals surface area contributed by atoms with E-state index in [1.807, 2.05) is 24.3 Å². The zero-order valence-electron chi connectivity index (χ0n) is 18.4. The van der Waals surface area contributed by atoms with Gasteiger partial charge in [0.05, 0.1) is 0 Å². The zero-order valence-corrected chi connectivity index (χ0v) is 20.0. The van der Waals surface area contributed by atoms with Gasteiger partial charge in [0.1, 0.15) is 21.3 Å². The van der Waals surface area contributed by atoms with Gasteiger partial charge in [0.15, 0.2) is 0 Å². The highest BCUT2D eigenvalue weighted by Crippen LogP contribution is 2.40. The second-order valence-electron chi connectivity index (χ2n) is 8.71. The molecular formula is C25H26N2O2S2. The van der Waals surface area contributed by atoms with Crippen molar-refractivity contribution >= 4 is 44.3 Å².